The lowest BCUT2D eigenvalue weighted by molar-refractivity contribution is 0.0940. The van der Waals surface area contributed by atoms with E-state index in [2.05, 4.69) is 21.2 Å². The van der Waals surface area contributed by atoms with E-state index >= 15 is 0 Å². The number of nitrogens with one attached hydrogen (secondary N) is 1. The van der Waals surface area contributed by atoms with E-state index in [1.54, 1.807) is 0 Å². The molecule has 0 aromatic heterocycles. The van der Waals surface area contributed by atoms with Gasteiger partial charge in [-0.3, -0.25) is 4.79 Å². The Morgan fingerprint density at radius 1 is 1.38 bits per heavy atom. The van der Waals surface area contributed by atoms with Crippen molar-refractivity contribution >= 4 is 21.8 Å². The van der Waals surface area contributed by atoms with Crippen LogP contribution in [0.15, 0.2) is 16.6 Å². The van der Waals surface area contributed by atoms with Gasteiger partial charge in [0, 0.05) is 11.0 Å². The van der Waals surface area contributed by atoms with Crippen LogP contribution < -0.4 is 5.32 Å². The average Bonchev–Trinajstić information content (AvgIpc) is 2.12. The molecule has 1 aromatic carbocycles. The molecular formula is C11H12BrF2NO. The lowest BCUT2D eigenvalue weighted by Crippen LogP contribution is -2.29. The molecule has 5 heteroatoms. The van der Waals surface area contributed by atoms with Crippen LogP contribution in [0.1, 0.15) is 24.2 Å². The van der Waals surface area contributed by atoms with Crippen LogP contribution in [0.4, 0.5) is 8.78 Å². The van der Waals surface area contributed by atoms with E-state index in [1.165, 1.54) is 0 Å². The summed E-state index contributed by atoms with van der Waals surface area (Å²) in [6, 6.07) is 2.13. The summed E-state index contributed by atoms with van der Waals surface area (Å²) < 4.78 is 27.0. The molecule has 1 aromatic rings. The van der Waals surface area contributed by atoms with E-state index in [0.29, 0.717) is 6.54 Å². The highest BCUT2D eigenvalue weighted by molar-refractivity contribution is 9.10. The third-order valence-electron chi connectivity index (χ3n) is 1.90. The van der Waals surface area contributed by atoms with E-state index in [9.17, 15) is 13.6 Å². The topological polar surface area (TPSA) is 29.1 Å². The molecule has 0 aliphatic heterocycles. The highest BCUT2D eigenvalue weighted by Crippen LogP contribution is 2.19. The van der Waals surface area contributed by atoms with Gasteiger partial charge in [0.05, 0.1) is 0 Å². The minimum absolute atomic E-state index is 0.227. The molecule has 0 saturated heterocycles. The van der Waals surface area contributed by atoms with Crippen LogP contribution in [0, 0.1) is 17.6 Å². The second-order valence-electron chi connectivity index (χ2n) is 3.85. The Kier molecular flexibility index (Phi) is 4.41. The zero-order chi connectivity index (χ0) is 12.3. The molecule has 16 heavy (non-hydrogen) atoms. The Hall–Kier alpha value is -0.970. The van der Waals surface area contributed by atoms with Crippen LogP contribution >= 0.6 is 15.9 Å². The summed E-state index contributed by atoms with van der Waals surface area (Å²) in [5.74, 6) is -2.23. The first-order chi connectivity index (χ1) is 7.41. The minimum Gasteiger partial charge on any atom is -0.352 e. The maximum Gasteiger partial charge on any atom is 0.257 e. The van der Waals surface area contributed by atoms with Gasteiger partial charge in [0.2, 0.25) is 0 Å². The first kappa shape index (κ1) is 13.1. The van der Waals surface area contributed by atoms with Crippen molar-refractivity contribution in [3.05, 3.63) is 33.8 Å². The standard InChI is InChI=1S/C11H12BrF2NO/c1-6(2)5-15-11(16)10-8(13)3-7(12)4-9(10)14/h3-4,6H,5H2,1-2H3,(H,15,16). The average molecular weight is 292 g/mol. The summed E-state index contributed by atoms with van der Waals surface area (Å²) in [5.41, 5.74) is -0.538. The summed E-state index contributed by atoms with van der Waals surface area (Å²) in [5, 5.41) is 2.47. The zero-order valence-electron chi connectivity index (χ0n) is 8.98. The minimum atomic E-state index is -0.867. The maximum absolute atomic E-state index is 13.4. The molecule has 0 radical (unpaired) electrons. The van der Waals surface area contributed by atoms with Crippen LogP contribution in [0.2, 0.25) is 0 Å². The molecule has 0 saturated carbocycles. The van der Waals surface area contributed by atoms with Gasteiger partial charge in [-0.1, -0.05) is 29.8 Å². The van der Waals surface area contributed by atoms with Gasteiger partial charge in [0.25, 0.3) is 5.91 Å². The normalized spacial score (nSPS) is 10.6. The second kappa shape index (κ2) is 5.39. The number of hydrogen-bond acceptors (Lipinski definition) is 1. The van der Waals surface area contributed by atoms with E-state index in [0.717, 1.165) is 12.1 Å². The van der Waals surface area contributed by atoms with Gasteiger partial charge >= 0.3 is 0 Å². The van der Waals surface area contributed by atoms with Gasteiger partial charge in [-0.15, -0.1) is 0 Å². The van der Waals surface area contributed by atoms with Gasteiger partial charge in [-0.2, -0.15) is 0 Å². The Morgan fingerprint density at radius 3 is 2.31 bits per heavy atom. The highest BCUT2D eigenvalue weighted by atomic mass is 79.9. The smallest absolute Gasteiger partial charge is 0.257 e. The molecule has 0 unspecified atom stereocenters. The first-order valence-electron chi connectivity index (χ1n) is 4.84. The number of halogens is 3. The maximum atomic E-state index is 13.4. The van der Waals surface area contributed by atoms with E-state index in [1.807, 2.05) is 13.8 Å². The third-order valence-corrected chi connectivity index (χ3v) is 2.36. The fourth-order valence-electron chi connectivity index (χ4n) is 1.14. The van der Waals surface area contributed by atoms with Crippen molar-refractivity contribution in [1.29, 1.82) is 0 Å². The molecule has 0 heterocycles. The Labute approximate surface area is 101 Å². The van der Waals surface area contributed by atoms with Gasteiger partial charge < -0.3 is 5.32 Å². The first-order valence-corrected chi connectivity index (χ1v) is 5.64. The number of hydrogen-bond donors (Lipinski definition) is 1. The lowest BCUT2D eigenvalue weighted by Gasteiger charge is -2.09. The van der Waals surface area contributed by atoms with Crippen molar-refractivity contribution in [3.63, 3.8) is 0 Å². The van der Waals surface area contributed by atoms with Crippen molar-refractivity contribution in [2.24, 2.45) is 5.92 Å². The van der Waals surface area contributed by atoms with Gasteiger partial charge in [-0.25, -0.2) is 8.78 Å². The highest BCUT2D eigenvalue weighted by Gasteiger charge is 2.18. The molecule has 0 aliphatic rings. The fraction of sp³-hybridized carbons (Fsp3) is 0.364. The number of carbonyl (C=O) groups is 1. The summed E-state index contributed by atoms with van der Waals surface area (Å²) in [4.78, 5) is 11.5. The van der Waals surface area contributed by atoms with Crippen LogP contribution in [-0.4, -0.2) is 12.5 Å². The summed E-state index contributed by atoms with van der Waals surface area (Å²) in [7, 11) is 0. The number of amides is 1. The Bertz CT molecular complexity index is 384. The predicted octanol–water partition coefficient (Wildman–Crippen LogP) is 3.11. The van der Waals surface area contributed by atoms with Gasteiger partial charge in [0.15, 0.2) is 0 Å². The molecule has 2 nitrogen and oxygen atoms in total. The quantitative estimate of drug-likeness (QED) is 0.911. The molecule has 1 rings (SSSR count). The van der Waals surface area contributed by atoms with Gasteiger partial charge in [0.1, 0.15) is 17.2 Å². The van der Waals surface area contributed by atoms with E-state index in [-0.39, 0.29) is 10.4 Å². The van der Waals surface area contributed by atoms with Crippen LogP contribution in [0.5, 0.6) is 0 Å². The predicted molar refractivity (Wildman–Crippen MR) is 61.2 cm³/mol. The number of rotatable bonds is 3. The van der Waals surface area contributed by atoms with Crippen molar-refractivity contribution < 1.29 is 13.6 Å². The number of benzene rings is 1. The molecule has 0 fully saturated rings. The third kappa shape index (κ3) is 3.27. The largest absolute Gasteiger partial charge is 0.352 e. The fourth-order valence-corrected chi connectivity index (χ4v) is 1.55. The molecule has 0 aliphatic carbocycles. The summed E-state index contributed by atoms with van der Waals surface area (Å²) in [6.07, 6.45) is 0. The second-order valence-corrected chi connectivity index (χ2v) is 4.76. The lowest BCUT2D eigenvalue weighted by atomic mass is 10.1. The monoisotopic (exact) mass is 291 g/mol. The molecule has 88 valence electrons. The Morgan fingerprint density at radius 2 is 1.88 bits per heavy atom. The molecule has 1 N–H and O–H groups in total. The van der Waals surface area contributed by atoms with Crippen molar-refractivity contribution in [1.82, 2.24) is 5.32 Å². The molecule has 0 atom stereocenters. The molecule has 0 spiro atoms. The molecule has 1 amide bonds. The van der Waals surface area contributed by atoms with Crippen LogP contribution in [0.25, 0.3) is 0 Å². The van der Waals surface area contributed by atoms with Crippen molar-refractivity contribution in [2.75, 3.05) is 6.54 Å². The van der Waals surface area contributed by atoms with E-state index in [4.69, 9.17) is 0 Å². The molecular weight excluding hydrogens is 280 g/mol. The molecule has 0 bridgehead atoms. The van der Waals surface area contributed by atoms with Crippen LogP contribution in [-0.2, 0) is 0 Å². The van der Waals surface area contributed by atoms with Crippen LogP contribution in [0.3, 0.4) is 0 Å². The van der Waals surface area contributed by atoms with Crippen molar-refractivity contribution in [2.45, 2.75) is 13.8 Å². The Balaban J connectivity index is 2.91. The summed E-state index contributed by atoms with van der Waals surface area (Å²) in [6.45, 7) is 4.18. The zero-order valence-corrected chi connectivity index (χ0v) is 10.6. The summed E-state index contributed by atoms with van der Waals surface area (Å²) >= 11 is 2.95. The van der Waals surface area contributed by atoms with Crippen molar-refractivity contribution in [3.8, 4) is 0 Å². The van der Waals surface area contributed by atoms with E-state index < -0.39 is 23.1 Å². The number of carbonyl (C=O) groups excluding carboxylic acids is 1. The van der Waals surface area contributed by atoms with Gasteiger partial charge in [-0.05, 0) is 18.1 Å². The SMILES string of the molecule is CC(C)CNC(=O)c1c(F)cc(Br)cc1F.